The zero-order chi connectivity index (χ0) is 7.68. The Labute approximate surface area is 65.7 Å². The topological polar surface area (TPSA) is 51.8 Å². The van der Waals surface area contributed by atoms with E-state index in [1.54, 1.807) is 6.20 Å². The number of nitrogens with zero attached hydrogens (tertiary/aromatic N) is 2. The van der Waals surface area contributed by atoms with Gasteiger partial charge in [0.1, 0.15) is 0 Å². The molecule has 0 amide bonds. The molecule has 1 aliphatic carbocycles. The summed E-state index contributed by atoms with van der Waals surface area (Å²) in [6, 6.07) is 0. The number of nitrogen functional groups attached to an aromatic ring is 1. The zero-order valence-corrected chi connectivity index (χ0v) is 6.25. The molecule has 3 heteroatoms. The fourth-order valence-electron chi connectivity index (χ4n) is 1.32. The van der Waals surface area contributed by atoms with Gasteiger partial charge >= 0.3 is 0 Å². The minimum atomic E-state index is 0.578. The first-order chi connectivity index (χ1) is 5.38. The molecule has 1 fully saturated rings. The van der Waals surface area contributed by atoms with Crippen LogP contribution in [0, 0.1) is 6.33 Å². The summed E-state index contributed by atoms with van der Waals surface area (Å²) < 4.78 is 0. The maximum atomic E-state index is 5.69. The highest BCUT2D eigenvalue weighted by molar-refractivity contribution is 5.42. The zero-order valence-electron chi connectivity index (χ0n) is 6.25. The summed E-state index contributed by atoms with van der Waals surface area (Å²) in [6.07, 6.45) is 7.93. The third-order valence-electron chi connectivity index (χ3n) is 2.22. The van der Waals surface area contributed by atoms with E-state index in [4.69, 9.17) is 5.73 Å². The van der Waals surface area contributed by atoms with Crippen LogP contribution in [-0.2, 0) is 0 Å². The molecule has 1 saturated carbocycles. The predicted octanol–water partition coefficient (Wildman–Crippen LogP) is 1.13. The normalized spacial score (nSPS) is 17.8. The van der Waals surface area contributed by atoms with Crippen LogP contribution in [0.1, 0.15) is 30.9 Å². The lowest BCUT2D eigenvalue weighted by Gasteiger charge is -2.25. The molecule has 1 aliphatic rings. The summed E-state index contributed by atoms with van der Waals surface area (Å²) in [5.41, 5.74) is 7.39. The molecule has 0 bridgehead atoms. The average Bonchev–Trinajstić information content (AvgIpc) is 1.90. The maximum Gasteiger partial charge on any atom is 0.198 e. The van der Waals surface area contributed by atoms with Crippen LogP contribution >= 0.6 is 0 Å². The minimum absolute atomic E-state index is 0.578. The fourth-order valence-corrected chi connectivity index (χ4v) is 1.32. The molecule has 1 radical (unpaired) electrons. The molecule has 0 spiro atoms. The quantitative estimate of drug-likeness (QED) is 0.649. The molecule has 3 nitrogen and oxygen atoms in total. The largest absolute Gasteiger partial charge is 0.396 e. The first-order valence-electron chi connectivity index (χ1n) is 3.86. The van der Waals surface area contributed by atoms with Crippen molar-refractivity contribution in [2.24, 2.45) is 0 Å². The number of rotatable bonds is 1. The van der Waals surface area contributed by atoms with E-state index in [0.717, 1.165) is 5.69 Å². The molecule has 0 saturated heterocycles. The van der Waals surface area contributed by atoms with E-state index in [0.29, 0.717) is 11.6 Å². The molecule has 57 valence electrons. The second kappa shape index (κ2) is 2.49. The summed E-state index contributed by atoms with van der Waals surface area (Å²) in [5, 5.41) is 0. The SMILES string of the molecule is Nc1cn[c]nc1C1CCC1. The van der Waals surface area contributed by atoms with E-state index in [1.165, 1.54) is 19.3 Å². The molecule has 1 heterocycles. The van der Waals surface area contributed by atoms with E-state index in [-0.39, 0.29) is 0 Å². The Kier molecular flexibility index (Phi) is 1.49. The van der Waals surface area contributed by atoms with Gasteiger partial charge in [0.05, 0.1) is 17.6 Å². The first kappa shape index (κ1) is 6.58. The number of aromatic nitrogens is 2. The van der Waals surface area contributed by atoms with Gasteiger partial charge in [-0.15, -0.1) is 0 Å². The van der Waals surface area contributed by atoms with Gasteiger partial charge in [-0.2, -0.15) is 0 Å². The molecule has 2 rings (SSSR count). The molecule has 1 aromatic heterocycles. The lowest BCUT2D eigenvalue weighted by Crippen LogP contribution is -2.13. The molecule has 1 aromatic rings. The predicted molar refractivity (Wildman–Crippen MR) is 41.9 cm³/mol. The van der Waals surface area contributed by atoms with Crippen molar-refractivity contribution in [2.45, 2.75) is 25.2 Å². The lowest BCUT2D eigenvalue weighted by molar-refractivity contribution is 0.411. The minimum Gasteiger partial charge on any atom is -0.396 e. The summed E-state index contributed by atoms with van der Waals surface area (Å²) >= 11 is 0. The molecule has 0 aromatic carbocycles. The highest BCUT2D eigenvalue weighted by Gasteiger charge is 2.22. The van der Waals surface area contributed by atoms with Crippen molar-refractivity contribution in [2.75, 3.05) is 5.73 Å². The second-order valence-electron chi connectivity index (χ2n) is 2.94. The third-order valence-corrected chi connectivity index (χ3v) is 2.22. The first-order valence-corrected chi connectivity index (χ1v) is 3.86. The summed E-state index contributed by atoms with van der Waals surface area (Å²) in [6.45, 7) is 0. The van der Waals surface area contributed by atoms with Crippen molar-refractivity contribution < 1.29 is 0 Å². The Balaban J connectivity index is 2.28. The van der Waals surface area contributed by atoms with Crippen molar-refractivity contribution in [1.82, 2.24) is 9.97 Å². The lowest BCUT2D eigenvalue weighted by atomic mass is 9.82. The van der Waals surface area contributed by atoms with E-state index >= 15 is 0 Å². The van der Waals surface area contributed by atoms with E-state index in [1.807, 2.05) is 0 Å². The Bertz CT molecular complexity index is 255. The van der Waals surface area contributed by atoms with Gasteiger partial charge in [0.2, 0.25) is 0 Å². The number of hydrogen-bond donors (Lipinski definition) is 1. The molecule has 0 aliphatic heterocycles. The van der Waals surface area contributed by atoms with E-state index < -0.39 is 0 Å². The fraction of sp³-hybridized carbons (Fsp3) is 0.500. The van der Waals surface area contributed by atoms with Gasteiger partial charge in [-0.3, -0.25) is 0 Å². The molecule has 0 unspecified atom stereocenters. The number of anilines is 1. The van der Waals surface area contributed by atoms with Crippen LogP contribution in [0.4, 0.5) is 5.69 Å². The summed E-state index contributed by atoms with van der Waals surface area (Å²) in [4.78, 5) is 7.76. The third kappa shape index (κ3) is 1.06. The Morgan fingerprint density at radius 2 is 2.36 bits per heavy atom. The highest BCUT2D eigenvalue weighted by Crippen LogP contribution is 2.36. The Morgan fingerprint density at radius 3 is 2.91 bits per heavy atom. The van der Waals surface area contributed by atoms with Gasteiger partial charge in [0.25, 0.3) is 0 Å². The van der Waals surface area contributed by atoms with Crippen LogP contribution in [-0.4, -0.2) is 9.97 Å². The molecule has 2 N–H and O–H groups in total. The standard InChI is InChI=1S/C8H10N3/c9-7-4-10-5-11-8(7)6-2-1-3-6/h4,6H,1-3,9H2. The Morgan fingerprint density at radius 1 is 1.55 bits per heavy atom. The van der Waals surface area contributed by atoms with E-state index in [2.05, 4.69) is 16.3 Å². The van der Waals surface area contributed by atoms with Gasteiger partial charge in [-0.1, -0.05) is 6.42 Å². The number of nitrogens with two attached hydrogens (primary N) is 1. The van der Waals surface area contributed by atoms with Crippen LogP contribution in [0.15, 0.2) is 6.20 Å². The van der Waals surface area contributed by atoms with Crippen LogP contribution in [0.3, 0.4) is 0 Å². The number of hydrogen-bond acceptors (Lipinski definition) is 3. The monoisotopic (exact) mass is 148 g/mol. The molecule has 0 atom stereocenters. The summed E-state index contributed by atoms with van der Waals surface area (Å²) in [7, 11) is 0. The van der Waals surface area contributed by atoms with Crippen molar-refractivity contribution in [1.29, 1.82) is 0 Å². The van der Waals surface area contributed by atoms with Gasteiger partial charge in [0.15, 0.2) is 6.33 Å². The van der Waals surface area contributed by atoms with Crippen molar-refractivity contribution >= 4 is 5.69 Å². The van der Waals surface area contributed by atoms with Gasteiger partial charge in [-0.05, 0) is 12.8 Å². The highest BCUT2D eigenvalue weighted by atomic mass is 14.9. The molecular weight excluding hydrogens is 138 g/mol. The van der Waals surface area contributed by atoms with Crippen LogP contribution in [0.5, 0.6) is 0 Å². The molecular formula is C8H10N3. The van der Waals surface area contributed by atoms with E-state index in [9.17, 15) is 0 Å². The van der Waals surface area contributed by atoms with Crippen LogP contribution in [0.25, 0.3) is 0 Å². The van der Waals surface area contributed by atoms with Crippen LogP contribution < -0.4 is 5.73 Å². The van der Waals surface area contributed by atoms with Gasteiger partial charge < -0.3 is 5.73 Å². The smallest absolute Gasteiger partial charge is 0.198 e. The summed E-state index contributed by atoms with van der Waals surface area (Å²) in [5.74, 6) is 0.578. The molecule has 11 heavy (non-hydrogen) atoms. The second-order valence-corrected chi connectivity index (χ2v) is 2.94. The Hall–Kier alpha value is -1.12. The van der Waals surface area contributed by atoms with Crippen molar-refractivity contribution in [3.8, 4) is 0 Å². The maximum absolute atomic E-state index is 5.69. The average molecular weight is 148 g/mol. The van der Waals surface area contributed by atoms with Crippen molar-refractivity contribution in [3.63, 3.8) is 0 Å². The van der Waals surface area contributed by atoms with Gasteiger partial charge in [-0.25, -0.2) is 9.97 Å². The van der Waals surface area contributed by atoms with Crippen molar-refractivity contribution in [3.05, 3.63) is 18.2 Å². The van der Waals surface area contributed by atoms with Crippen LogP contribution in [0.2, 0.25) is 0 Å². The van der Waals surface area contributed by atoms with Gasteiger partial charge in [0, 0.05) is 5.92 Å².